The average molecular weight is 709 g/mol. The number of aliphatic carboxylic acids is 1. The fraction of sp³-hybridized carbons (Fsp3) is 0.583. The number of aliphatic hydroxyl groups is 4. The second-order valence-electron chi connectivity index (χ2n) is 9.46. The molecule has 0 aliphatic rings. The monoisotopic (exact) mass is 708 g/mol. The highest BCUT2D eigenvalue weighted by atomic mass is 16.4. The van der Waals surface area contributed by atoms with Gasteiger partial charge < -0.3 is 79.1 Å². The number of aliphatic hydroxyl groups excluding tert-OH is 4. The molecule has 0 aromatic carbocycles. The largest absolute Gasteiger partial charge is 0.480 e. The van der Waals surface area contributed by atoms with E-state index in [1.165, 1.54) is 0 Å². The van der Waals surface area contributed by atoms with E-state index in [4.69, 9.17) is 10.8 Å². The number of carbonyl (C=O) groups excluding carboxylic acids is 9. The third-order valence-electron chi connectivity index (χ3n) is 5.66. The summed E-state index contributed by atoms with van der Waals surface area (Å²) in [5.41, 5.74) is 5.08. The predicted molar refractivity (Wildman–Crippen MR) is 158 cm³/mol. The first-order valence-corrected chi connectivity index (χ1v) is 14.0. The summed E-state index contributed by atoms with van der Waals surface area (Å²) in [4.78, 5) is 118. The van der Waals surface area contributed by atoms with Crippen molar-refractivity contribution in [3.05, 3.63) is 0 Å². The number of nitrogens with two attached hydrogens (primary N) is 1. The van der Waals surface area contributed by atoms with Gasteiger partial charge in [-0.2, -0.15) is 0 Å². The van der Waals surface area contributed by atoms with E-state index in [0.717, 1.165) is 0 Å². The zero-order valence-corrected chi connectivity index (χ0v) is 25.8. The molecular formula is C24H40N10O15. The van der Waals surface area contributed by atoms with Gasteiger partial charge in [0.15, 0.2) is 0 Å². The van der Waals surface area contributed by atoms with Crippen LogP contribution >= 0.6 is 0 Å². The molecule has 0 radical (unpaired) electrons. The van der Waals surface area contributed by atoms with E-state index in [9.17, 15) is 68.4 Å². The summed E-state index contributed by atoms with van der Waals surface area (Å²) in [6.07, 6.45) is 0. The highest BCUT2D eigenvalue weighted by molar-refractivity contribution is 5.96. The van der Waals surface area contributed by atoms with Crippen molar-refractivity contribution >= 4 is 59.1 Å². The van der Waals surface area contributed by atoms with E-state index >= 15 is 0 Å². The second kappa shape index (κ2) is 23.8. The first-order valence-electron chi connectivity index (χ1n) is 14.0. The molecule has 0 aromatic heterocycles. The number of hydrogen-bond donors (Lipinski definition) is 15. The zero-order valence-electron chi connectivity index (χ0n) is 25.8. The molecule has 0 unspecified atom stereocenters. The quantitative estimate of drug-likeness (QED) is 0.0468. The summed E-state index contributed by atoms with van der Waals surface area (Å²) >= 11 is 0. The molecule has 0 spiro atoms. The van der Waals surface area contributed by atoms with Gasteiger partial charge >= 0.3 is 5.97 Å². The first kappa shape index (κ1) is 43.5. The second-order valence-corrected chi connectivity index (χ2v) is 9.46. The van der Waals surface area contributed by atoms with Crippen molar-refractivity contribution < 1.29 is 73.5 Å². The van der Waals surface area contributed by atoms with Crippen LogP contribution in [0, 0.1) is 0 Å². The highest BCUT2D eigenvalue weighted by Gasteiger charge is 2.28. The molecule has 0 rings (SSSR count). The number of hydrogen-bond acceptors (Lipinski definition) is 15. The summed E-state index contributed by atoms with van der Waals surface area (Å²) in [6, 6.07) is -6.57. The Kier molecular flexibility index (Phi) is 21.1. The molecule has 0 heterocycles. The van der Waals surface area contributed by atoms with Gasteiger partial charge in [0.25, 0.3) is 0 Å². The van der Waals surface area contributed by atoms with Crippen LogP contribution in [0.2, 0.25) is 0 Å². The van der Waals surface area contributed by atoms with E-state index in [1.807, 2.05) is 31.9 Å². The number of carboxylic acids is 1. The van der Waals surface area contributed by atoms with Gasteiger partial charge in [0.2, 0.25) is 53.2 Å². The summed E-state index contributed by atoms with van der Waals surface area (Å²) < 4.78 is 0. The Morgan fingerprint density at radius 2 is 0.714 bits per heavy atom. The van der Waals surface area contributed by atoms with Gasteiger partial charge in [-0.3, -0.25) is 47.9 Å². The molecule has 0 bridgehead atoms. The summed E-state index contributed by atoms with van der Waals surface area (Å²) in [5.74, 6) is -10.2. The Bertz CT molecular complexity index is 1220. The molecule has 0 aliphatic heterocycles. The molecule has 0 fully saturated rings. The van der Waals surface area contributed by atoms with Crippen LogP contribution in [0.4, 0.5) is 0 Å². The number of nitrogens with one attached hydrogen (secondary N) is 9. The topological polar surface area (TPSA) is 406 Å². The van der Waals surface area contributed by atoms with Gasteiger partial charge in [0, 0.05) is 0 Å². The summed E-state index contributed by atoms with van der Waals surface area (Å²) in [6.45, 7) is -7.89. The van der Waals surface area contributed by atoms with Gasteiger partial charge in [0.1, 0.15) is 30.7 Å². The third kappa shape index (κ3) is 18.4. The molecule has 0 aliphatic carbocycles. The van der Waals surface area contributed by atoms with Gasteiger partial charge in [-0.05, 0) is 0 Å². The van der Waals surface area contributed by atoms with Crippen molar-refractivity contribution in [3.63, 3.8) is 0 Å². The SMILES string of the molecule is NCC(=O)NCC(=O)N[C@@H](CO)C(=O)NCC(=O)N[C@@H](CO)C(=O)N[C@@H](CO)C(=O)NCC(=O)N[C@@H](CO)C(=O)NCC(=O)NCC(=O)O. The maximum Gasteiger partial charge on any atom is 0.322 e. The van der Waals surface area contributed by atoms with Crippen LogP contribution in [-0.4, -0.2) is 175 Å². The Hall–Kier alpha value is -5.50. The molecule has 16 N–H and O–H groups in total. The molecule has 0 aromatic rings. The van der Waals surface area contributed by atoms with Gasteiger partial charge in [0.05, 0.1) is 59.2 Å². The lowest BCUT2D eigenvalue weighted by atomic mass is 10.2. The van der Waals surface area contributed by atoms with Crippen molar-refractivity contribution in [1.29, 1.82) is 0 Å². The van der Waals surface area contributed by atoms with Crippen LogP contribution < -0.4 is 53.6 Å². The minimum Gasteiger partial charge on any atom is -0.480 e. The fourth-order valence-electron chi connectivity index (χ4n) is 3.14. The standard InChI is InChI=1S/C24H40N10O15/c25-1-15(39)26-3-17(41)31-12(8-36)22(47)29-5-19(43)33-14(10-38)24(49)34-13(9-37)23(48)30-4-18(42)32-11(7-35)21(46)28-2-16(40)27-6-20(44)45/h11-14,35-38H,1-10,25H2,(H,26,39)(H,27,40)(H,28,46)(H,29,47)(H,30,48)(H,31,41)(H,32,42)(H,33,43)(H,34,49)(H,44,45)/t11-,12-,13-,14-/m0/s1. The van der Waals surface area contributed by atoms with Crippen LogP contribution in [0.5, 0.6) is 0 Å². The highest BCUT2D eigenvalue weighted by Crippen LogP contribution is 1.91. The van der Waals surface area contributed by atoms with E-state index in [0.29, 0.717) is 0 Å². The smallest absolute Gasteiger partial charge is 0.322 e. The maximum atomic E-state index is 12.5. The summed E-state index contributed by atoms with van der Waals surface area (Å²) in [5, 5.41) is 64.7. The molecule has 9 amide bonds. The molecule has 4 atom stereocenters. The maximum absolute atomic E-state index is 12.5. The van der Waals surface area contributed by atoms with Gasteiger partial charge in [-0.25, -0.2) is 0 Å². The summed E-state index contributed by atoms with van der Waals surface area (Å²) in [7, 11) is 0. The van der Waals surface area contributed by atoms with Crippen molar-refractivity contribution in [2.45, 2.75) is 24.2 Å². The average Bonchev–Trinajstić information content (AvgIpc) is 3.08. The molecule has 276 valence electrons. The minimum atomic E-state index is -1.73. The van der Waals surface area contributed by atoms with Crippen molar-refractivity contribution in [3.8, 4) is 0 Å². The Morgan fingerprint density at radius 3 is 1.06 bits per heavy atom. The molecule has 0 saturated carbocycles. The van der Waals surface area contributed by atoms with Crippen LogP contribution in [0.15, 0.2) is 0 Å². The lowest BCUT2D eigenvalue weighted by molar-refractivity contribution is -0.138. The van der Waals surface area contributed by atoms with E-state index in [-0.39, 0.29) is 0 Å². The normalized spacial score (nSPS) is 12.8. The molecule has 25 nitrogen and oxygen atoms in total. The van der Waals surface area contributed by atoms with Crippen LogP contribution in [-0.2, 0) is 47.9 Å². The van der Waals surface area contributed by atoms with Crippen molar-refractivity contribution in [1.82, 2.24) is 47.9 Å². The number of carboxylic acid groups (broad SMARTS) is 1. The van der Waals surface area contributed by atoms with Crippen molar-refractivity contribution in [2.24, 2.45) is 5.73 Å². The zero-order chi connectivity index (χ0) is 37.5. The minimum absolute atomic E-state index is 0.395. The van der Waals surface area contributed by atoms with Crippen LogP contribution in [0.25, 0.3) is 0 Å². The molecule has 25 heteroatoms. The number of carbonyl (C=O) groups is 10. The lowest BCUT2D eigenvalue weighted by Gasteiger charge is -2.21. The van der Waals surface area contributed by atoms with E-state index < -0.39 is 149 Å². The number of amides is 9. The predicted octanol–water partition coefficient (Wildman–Crippen LogP) is -11.5. The van der Waals surface area contributed by atoms with Crippen molar-refractivity contribution in [2.75, 3.05) is 65.7 Å². The number of rotatable bonds is 23. The lowest BCUT2D eigenvalue weighted by Crippen LogP contribution is -2.58. The van der Waals surface area contributed by atoms with E-state index in [2.05, 4.69) is 16.0 Å². The molecule has 0 saturated heterocycles. The van der Waals surface area contributed by atoms with Gasteiger partial charge in [-0.15, -0.1) is 0 Å². The Balaban J connectivity index is 4.85. The Morgan fingerprint density at radius 1 is 0.408 bits per heavy atom. The third-order valence-corrected chi connectivity index (χ3v) is 5.66. The Labute approximate surface area is 276 Å². The molecule has 49 heavy (non-hydrogen) atoms. The van der Waals surface area contributed by atoms with Gasteiger partial charge in [-0.1, -0.05) is 0 Å². The van der Waals surface area contributed by atoms with Crippen LogP contribution in [0.3, 0.4) is 0 Å². The first-order chi connectivity index (χ1) is 23.1. The van der Waals surface area contributed by atoms with Crippen LogP contribution in [0.1, 0.15) is 0 Å². The van der Waals surface area contributed by atoms with E-state index in [1.54, 1.807) is 0 Å². The fourth-order valence-corrected chi connectivity index (χ4v) is 3.14. The molecular weight excluding hydrogens is 668 g/mol.